The molecular weight excluding hydrogens is 216 g/mol. The van der Waals surface area contributed by atoms with E-state index >= 15 is 0 Å². The zero-order valence-corrected chi connectivity index (χ0v) is 10.1. The third kappa shape index (κ3) is 2.50. The minimum absolute atomic E-state index is 0.319. The summed E-state index contributed by atoms with van der Waals surface area (Å²) < 4.78 is 5.24. The number of esters is 1. The Morgan fingerprint density at radius 1 is 1.35 bits per heavy atom. The Kier molecular flexibility index (Phi) is 3.79. The molecule has 1 aromatic carbocycles. The van der Waals surface area contributed by atoms with Gasteiger partial charge in [0, 0.05) is 5.56 Å². The smallest absolute Gasteiger partial charge is 0.339 e. The number of carbonyl (C=O) groups is 1. The Morgan fingerprint density at radius 3 is 2.88 bits per heavy atom. The van der Waals surface area contributed by atoms with Gasteiger partial charge < -0.3 is 9.84 Å². The molecule has 1 aliphatic heterocycles. The lowest BCUT2D eigenvalue weighted by Gasteiger charge is -2.17. The van der Waals surface area contributed by atoms with Crippen LogP contribution in [0.5, 0.6) is 0 Å². The summed E-state index contributed by atoms with van der Waals surface area (Å²) in [6.45, 7) is 2.12. The second-order valence-corrected chi connectivity index (χ2v) is 4.48. The predicted molar refractivity (Wildman–Crippen MR) is 64.7 cm³/mol. The predicted octanol–water partition coefficient (Wildman–Crippen LogP) is 2.84. The average Bonchev–Trinajstić information content (AvgIpc) is 2.68. The summed E-state index contributed by atoms with van der Waals surface area (Å²) in [4.78, 5) is 11.6. The first-order chi connectivity index (χ1) is 8.24. The number of rotatable bonds is 5. The maximum atomic E-state index is 11.6. The van der Waals surface area contributed by atoms with E-state index in [9.17, 15) is 9.90 Å². The van der Waals surface area contributed by atoms with Gasteiger partial charge in [-0.2, -0.15) is 0 Å². The number of ether oxygens (including phenoxy) is 1. The van der Waals surface area contributed by atoms with E-state index in [1.807, 2.05) is 18.2 Å². The lowest BCUT2D eigenvalue weighted by molar-refractivity contribution is -0.0128. The maximum Gasteiger partial charge on any atom is 0.339 e. The molecule has 0 amide bonds. The number of aliphatic hydroxyl groups excluding tert-OH is 1. The molecular formula is C14H18O3. The van der Waals surface area contributed by atoms with E-state index < -0.39 is 12.2 Å². The maximum absolute atomic E-state index is 11.6. The van der Waals surface area contributed by atoms with E-state index in [2.05, 4.69) is 6.92 Å². The molecule has 1 aliphatic rings. The molecule has 0 unspecified atom stereocenters. The summed E-state index contributed by atoms with van der Waals surface area (Å²) in [6.07, 6.45) is 2.80. The summed E-state index contributed by atoms with van der Waals surface area (Å²) in [5.74, 6) is -0.319. The second kappa shape index (κ2) is 5.32. The number of cyclic esters (lactones) is 1. The first-order valence-corrected chi connectivity index (χ1v) is 6.22. The van der Waals surface area contributed by atoms with Gasteiger partial charge in [0.25, 0.3) is 0 Å². The Hall–Kier alpha value is -1.35. The fourth-order valence-electron chi connectivity index (χ4n) is 2.21. The van der Waals surface area contributed by atoms with E-state index in [-0.39, 0.29) is 5.97 Å². The Morgan fingerprint density at radius 2 is 2.12 bits per heavy atom. The van der Waals surface area contributed by atoms with Gasteiger partial charge in [-0.05, 0) is 12.5 Å². The molecule has 1 aromatic rings. The van der Waals surface area contributed by atoms with Crippen LogP contribution >= 0.6 is 0 Å². The molecule has 92 valence electrons. The van der Waals surface area contributed by atoms with E-state index in [0.717, 1.165) is 24.8 Å². The third-order valence-corrected chi connectivity index (χ3v) is 3.17. The Labute approximate surface area is 101 Å². The highest BCUT2D eigenvalue weighted by molar-refractivity contribution is 5.94. The Balaban J connectivity index is 2.06. The number of unbranched alkanes of at least 4 members (excludes halogenated alkanes) is 2. The molecule has 0 spiro atoms. The number of carbonyl (C=O) groups excluding carboxylic acids is 1. The lowest BCUT2D eigenvalue weighted by atomic mass is 9.98. The molecule has 0 aromatic heterocycles. The van der Waals surface area contributed by atoms with Crippen molar-refractivity contribution in [1.82, 2.24) is 0 Å². The van der Waals surface area contributed by atoms with Gasteiger partial charge in [-0.15, -0.1) is 0 Å². The van der Waals surface area contributed by atoms with Gasteiger partial charge in [-0.1, -0.05) is 44.4 Å². The first-order valence-electron chi connectivity index (χ1n) is 6.22. The summed E-state index contributed by atoms with van der Waals surface area (Å²) in [6, 6.07) is 7.28. The standard InChI is InChI=1S/C14H18O3/c1-2-3-4-9-12(15)13-10-7-5-6-8-11(10)14(16)17-13/h5-8,12-13,15H,2-4,9H2,1H3/t12-,13+/m1/s1. The molecule has 2 atom stereocenters. The highest BCUT2D eigenvalue weighted by Crippen LogP contribution is 2.34. The van der Waals surface area contributed by atoms with Crippen molar-refractivity contribution in [2.45, 2.75) is 44.8 Å². The minimum atomic E-state index is -0.589. The van der Waals surface area contributed by atoms with Crippen molar-refractivity contribution < 1.29 is 14.6 Å². The topological polar surface area (TPSA) is 46.5 Å². The van der Waals surface area contributed by atoms with Gasteiger partial charge in [0.1, 0.15) is 0 Å². The van der Waals surface area contributed by atoms with Crippen LogP contribution in [-0.2, 0) is 4.74 Å². The van der Waals surface area contributed by atoms with Crippen LogP contribution in [0.4, 0.5) is 0 Å². The zero-order chi connectivity index (χ0) is 12.3. The Bertz CT molecular complexity index is 400. The molecule has 17 heavy (non-hydrogen) atoms. The van der Waals surface area contributed by atoms with Gasteiger partial charge in [0.05, 0.1) is 11.7 Å². The molecule has 0 fully saturated rings. The molecule has 0 saturated carbocycles. The van der Waals surface area contributed by atoms with Gasteiger partial charge in [-0.25, -0.2) is 4.79 Å². The molecule has 0 saturated heterocycles. The normalized spacial score (nSPS) is 19.9. The molecule has 0 radical (unpaired) electrons. The van der Waals surface area contributed by atoms with Gasteiger partial charge in [0.15, 0.2) is 6.10 Å². The van der Waals surface area contributed by atoms with E-state index in [4.69, 9.17) is 4.74 Å². The van der Waals surface area contributed by atoms with Crippen LogP contribution in [0, 0.1) is 0 Å². The third-order valence-electron chi connectivity index (χ3n) is 3.17. The molecule has 3 nitrogen and oxygen atoms in total. The number of hydrogen-bond acceptors (Lipinski definition) is 3. The van der Waals surface area contributed by atoms with Crippen molar-refractivity contribution in [2.75, 3.05) is 0 Å². The molecule has 2 rings (SSSR count). The molecule has 1 N–H and O–H groups in total. The second-order valence-electron chi connectivity index (χ2n) is 4.48. The number of fused-ring (bicyclic) bond motifs is 1. The number of benzene rings is 1. The van der Waals surface area contributed by atoms with Crippen LogP contribution in [0.1, 0.15) is 54.6 Å². The fraction of sp³-hybridized carbons (Fsp3) is 0.500. The number of aliphatic hydroxyl groups is 1. The van der Waals surface area contributed by atoms with Gasteiger partial charge >= 0.3 is 5.97 Å². The molecule has 1 heterocycles. The lowest BCUT2D eigenvalue weighted by Crippen LogP contribution is -2.18. The summed E-state index contributed by atoms with van der Waals surface area (Å²) in [7, 11) is 0. The number of hydrogen-bond donors (Lipinski definition) is 1. The molecule has 0 aliphatic carbocycles. The summed E-state index contributed by atoms with van der Waals surface area (Å²) in [5.41, 5.74) is 1.41. The minimum Gasteiger partial charge on any atom is -0.451 e. The summed E-state index contributed by atoms with van der Waals surface area (Å²) >= 11 is 0. The van der Waals surface area contributed by atoms with Crippen molar-refractivity contribution in [3.05, 3.63) is 35.4 Å². The van der Waals surface area contributed by atoms with Crippen molar-refractivity contribution >= 4 is 5.97 Å². The zero-order valence-electron chi connectivity index (χ0n) is 10.1. The first kappa shape index (κ1) is 12.1. The van der Waals surface area contributed by atoms with Crippen molar-refractivity contribution in [1.29, 1.82) is 0 Å². The van der Waals surface area contributed by atoms with Gasteiger partial charge in [-0.3, -0.25) is 0 Å². The van der Waals surface area contributed by atoms with Crippen molar-refractivity contribution in [2.24, 2.45) is 0 Å². The van der Waals surface area contributed by atoms with Gasteiger partial charge in [0.2, 0.25) is 0 Å². The fourth-order valence-corrected chi connectivity index (χ4v) is 2.21. The monoisotopic (exact) mass is 234 g/mol. The SMILES string of the molecule is CCCCC[C@@H](O)[C@H]1OC(=O)c2ccccc21. The summed E-state index contributed by atoms with van der Waals surface area (Å²) in [5, 5.41) is 10.1. The van der Waals surface area contributed by atoms with Crippen LogP contribution in [0.25, 0.3) is 0 Å². The van der Waals surface area contributed by atoms with Crippen molar-refractivity contribution in [3.8, 4) is 0 Å². The molecule has 3 heteroatoms. The van der Waals surface area contributed by atoms with Crippen LogP contribution in [-0.4, -0.2) is 17.2 Å². The van der Waals surface area contributed by atoms with E-state index in [0.29, 0.717) is 12.0 Å². The highest BCUT2D eigenvalue weighted by Gasteiger charge is 2.35. The largest absolute Gasteiger partial charge is 0.451 e. The highest BCUT2D eigenvalue weighted by atomic mass is 16.6. The van der Waals surface area contributed by atoms with E-state index in [1.165, 1.54) is 0 Å². The van der Waals surface area contributed by atoms with Crippen LogP contribution in [0.2, 0.25) is 0 Å². The average molecular weight is 234 g/mol. The van der Waals surface area contributed by atoms with Crippen molar-refractivity contribution in [3.63, 3.8) is 0 Å². The van der Waals surface area contributed by atoms with Crippen LogP contribution in [0.15, 0.2) is 24.3 Å². The van der Waals surface area contributed by atoms with Crippen LogP contribution < -0.4 is 0 Å². The van der Waals surface area contributed by atoms with E-state index in [1.54, 1.807) is 6.07 Å². The quantitative estimate of drug-likeness (QED) is 0.629. The van der Waals surface area contributed by atoms with Crippen LogP contribution in [0.3, 0.4) is 0 Å². The molecule has 0 bridgehead atoms.